The molecule has 44 heavy (non-hydrogen) atoms. The van der Waals surface area contributed by atoms with E-state index in [0.717, 1.165) is 44.8 Å². The van der Waals surface area contributed by atoms with Crippen LogP contribution in [0.3, 0.4) is 0 Å². The molecule has 0 fully saturated rings. The summed E-state index contributed by atoms with van der Waals surface area (Å²) in [5.74, 6) is 0. The van der Waals surface area contributed by atoms with Crippen molar-refractivity contribution in [3.8, 4) is 0 Å². The van der Waals surface area contributed by atoms with Gasteiger partial charge in [0.1, 0.15) is 0 Å². The van der Waals surface area contributed by atoms with E-state index in [1.54, 1.807) is 0 Å². The lowest BCUT2D eigenvalue weighted by molar-refractivity contribution is 1.31. The fourth-order valence-electron chi connectivity index (χ4n) is 6.52. The number of aromatic amines is 2. The summed E-state index contributed by atoms with van der Waals surface area (Å²) in [7, 11) is 0. The number of aromatic nitrogens is 4. The van der Waals surface area contributed by atoms with Crippen LogP contribution in [0, 0.1) is 0 Å². The van der Waals surface area contributed by atoms with Crippen molar-refractivity contribution in [1.82, 2.24) is 19.9 Å². The Labute approximate surface area is 253 Å². The van der Waals surface area contributed by atoms with E-state index < -0.39 is 0 Å². The van der Waals surface area contributed by atoms with E-state index in [1.165, 1.54) is 43.1 Å². The fraction of sp³-hybridized carbons (Fsp3) is 0. The van der Waals surface area contributed by atoms with Crippen LogP contribution in [0.15, 0.2) is 121 Å². The van der Waals surface area contributed by atoms with Gasteiger partial charge in [0.15, 0.2) is 0 Å². The summed E-state index contributed by atoms with van der Waals surface area (Å²) in [4.78, 5) is 16.0. The van der Waals surface area contributed by atoms with Crippen molar-refractivity contribution in [2.45, 2.75) is 0 Å². The fourth-order valence-corrected chi connectivity index (χ4v) is 6.52. The molecule has 5 heterocycles. The normalized spacial score (nSPS) is 12.4. The number of benzene rings is 5. The van der Waals surface area contributed by atoms with Crippen molar-refractivity contribution < 1.29 is 0 Å². The molecular formula is C40H26N4. The third-order valence-electron chi connectivity index (χ3n) is 8.43. The molecule has 2 aliphatic heterocycles. The van der Waals surface area contributed by atoms with Crippen molar-refractivity contribution in [2.24, 2.45) is 0 Å². The molecule has 10 rings (SSSR count). The zero-order chi connectivity index (χ0) is 29.0. The predicted molar refractivity (Wildman–Crippen MR) is 187 cm³/mol. The number of fused-ring (bicyclic) bond motifs is 10. The Morgan fingerprint density at radius 3 is 0.932 bits per heavy atom. The second-order valence-corrected chi connectivity index (χ2v) is 11.3. The van der Waals surface area contributed by atoms with E-state index in [1.807, 2.05) is 48.6 Å². The molecule has 0 saturated carbocycles. The molecule has 5 aromatic carbocycles. The summed E-state index contributed by atoms with van der Waals surface area (Å²) in [6.45, 7) is 0. The molecule has 4 heteroatoms. The highest BCUT2D eigenvalue weighted by molar-refractivity contribution is 6.32. The number of hydrogen-bond donors (Lipinski definition) is 2. The summed E-state index contributed by atoms with van der Waals surface area (Å²) in [6, 6.07) is 42.8. The minimum absolute atomic E-state index is 0.939. The monoisotopic (exact) mass is 562 g/mol. The van der Waals surface area contributed by atoms with Crippen LogP contribution in [-0.4, -0.2) is 19.9 Å². The Morgan fingerprint density at radius 1 is 0.341 bits per heavy atom. The van der Waals surface area contributed by atoms with E-state index in [2.05, 4.69) is 117 Å². The molecule has 0 radical (unpaired) electrons. The maximum absolute atomic E-state index is 4.63. The summed E-state index contributed by atoms with van der Waals surface area (Å²) < 4.78 is 0. The van der Waals surface area contributed by atoms with Gasteiger partial charge in [0.05, 0.1) is 22.8 Å². The van der Waals surface area contributed by atoms with Gasteiger partial charge < -0.3 is 9.97 Å². The molecule has 8 bridgehead atoms. The van der Waals surface area contributed by atoms with E-state index in [0.29, 0.717) is 0 Å². The summed E-state index contributed by atoms with van der Waals surface area (Å²) in [5.41, 5.74) is 7.86. The highest BCUT2D eigenvalue weighted by Gasteiger charge is 2.11. The first-order valence-corrected chi connectivity index (χ1v) is 14.8. The Hall–Kier alpha value is -6.00. The van der Waals surface area contributed by atoms with E-state index in [-0.39, 0.29) is 0 Å². The maximum Gasteiger partial charge on any atom is 0.0658 e. The minimum atomic E-state index is 0.939. The topological polar surface area (TPSA) is 57.4 Å². The Bertz CT molecular complexity index is 2270. The molecule has 3 aromatic heterocycles. The molecule has 0 unspecified atom stereocenters. The average molecular weight is 563 g/mol. The van der Waals surface area contributed by atoms with Crippen LogP contribution in [0.2, 0.25) is 0 Å². The maximum atomic E-state index is 4.63. The zero-order valence-corrected chi connectivity index (χ0v) is 23.8. The first-order chi connectivity index (χ1) is 21.7. The largest absolute Gasteiger partial charge is 0.355 e. The van der Waals surface area contributed by atoms with Gasteiger partial charge in [0.25, 0.3) is 0 Å². The van der Waals surface area contributed by atoms with Crippen LogP contribution in [0.1, 0.15) is 22.8 Å². The second-order valence-electron chi connectivity index (χ2n) is 11.3. The molecule has 0 aliphatic carbocycles. The van der Waals surface area contributed by atoms with Crippen LogP contribution in [0.25, 0.3) is 89.5 Å². The van der Waals surface area contributed by atoms with Crippen LogP contribution >= 0.6 is 0 Å². The average Bonchev–Trinajstić information content (AvgIpc) is 3.87. The number of nitrogens with one attached hydrogen (secondary N) is 2. The zero-order valence-electron chi connectivity index (χ0n) is 23.8. The summed E-state index contributed by atoms with van der Waals surface area (Å²) >= 11 is 0. The molecule has 0 atom stereocenters. The number of rotatable bonds is 0. The lowest BCUT2D eigenvalue weighted by Gasteiger charge is -2.13. The van der Waals surface area contributed by atoms with E-state index in [4.69, 9.17) is 0 Å². The number of hydrogen-bond acceptors (Lipinski definition) is 2. The Balaban J connectivity index is 0.000000125. The third-order valence-corrected chi connectivity index (χ3v) is 8.43. The lowest BCUT2D eigenvalue weighted by Crippen LogP contribution is -1.85. The van der Waals surface area contributed by atoms with Gasteiger partial charge in [-0.1, -0.05) is 72.8 Å². The number of nitrogens with zero attached hydrogens (tertiary/aromatic N) is 2. The molecule has 4 nitrogen and oxygen atoms in total. The molecule has 2 N–H and O–H groups in total. The van der Waals surface area contributed by atoms with E-state index >= 15 is 0 Å². The van der Waals surface area contributed by atoms with Crippen LogP contribution < -0.4 is 0 Å². The Morgan fingerprint density at radius 2 is 0.636 bits per heavy atom. The van der Waals surface area contributed by atoms with Gasteiger partial charge in [0, 0.05) is 22.1 Å². The second kappa shape index (κ2) is 9.79. The van der Waals surface area contributed by atoms with Crippen molar-refractivity contribution in [1.29, 1.82) is 0 Å². The van der Waals surface area contributed by atoms with Crippen molar-refractivity contribution >= 4 is 89.5 Å². The van der Waals surface area contributed by atoms with Crippen LogP contribution in [0.5, 0.6) is 0 Å². The SMILES string of the molecule is C1=Cc2cc3ccc(cc4nc(cc5ccc(cc1n2)[nH]5)C=C4)[nH]3.c1cc2cccc3c4cccc5cccc(c(c1)c23)c54. The molecule has 0 amide bonds. The third kappa shape index (κ3) is 4.24. The number of H-pyrrole nitrogens is 2. The van der Waals surface area contributed by atoms with Gasteiger partial charge in [-0.05, 0) is 116 Å². The standard InChI is InChI=1S/C20H14N4.C20H12/c1-2-14-10-16-5-6-18(23-16)12-20-8-7-19(24-20)11-17-4-3-15(22-17)9-13(1)21-14;1-5-13-6-2-11-17-18-12-4-8-14-7-3-10-16(20(14)18)15(9-1)19(13)17/h1-12,21,24H;1-12H. The van der Waals surface area contributed by atoms with Gasteiger partial charge in [0.2, 0.25) is 0 Å². The highest BCUT2D eigenvalue weighted by atomic mass is 14.8. The van der Waals surface area contributed by atoms with Crippen molar-refractivity contribution in [2.75, 3.05) is 0 Å². The predicted octanol–water partition coefficient (Wildman–Crippen LogP) is 10.4. The van der Waals surface area contributed by atoms with Gasteiger partial charge in [-0.3, -0.25) is 0 Å². The van der Waals surface area contributed by atoms with Crippen molar-refractivity contribution in [3.05, 3.63) is 144 Å². The molecule has 2 aliphatic rings. The smallest absolute Gasteiger partial charge is 0.0658 e. The van der Waals surface area contributed by atoms with Gasteiger partial charge in [-0.15, -0.1) is 0 Å². The van der Waals surface area contributed by atoms with Crippen molar-refractivity contribution in [3.63, 3.8) is 0 Å². The first kappa shape index (κ1) is 24.6. The molecule has 8 aromatic rings. The first-order valence-electron chi connectivity index (χ1n) is 14.8. The molecule has 206 valence electrons. The lowest BCUT2D eigenvalue weighted by atomic mass is 9.90. The van der Waals surface area contributed by atoms with E-state index in [9.17, 15) is 0 Å². The summed E-state index contributed by atoms with van der Waals surface area (Å²) in [6.07, 6.45) is 8.09. The highest BCUT2D eigenvalue weighted by Crippen LogP contribution is 2.39. The van der Waals surface area contributed by atoms with Gasteiger partial charge in [-0.25, -0.2) is 9.97 Å². The Kier molecular flexibility index (Phi) is 5.47. The quantitative estimate of drug-likeness (QED) is 0.143. The van der Waals surface area contributed by atoms with Gasteiger partial charge in [-0.2, -0.15) is 0 Å². The summed E-state index contributed by atoms with van der Waals surface area (Å²) in [5, 5.41) is 10.9. The molecule has 0 spiro atoms. The molecular weight excluding hydrogens is 536 g/mol. The minimum Gasteiger partial charge on any atom is -0.355 e. The van der Waals surface area contributed by atoms with Gasteiger partial charge >= 0.3 is 0 Å². The van der Waals surface area contributed by atoms with Crippen LogP contribution in [-0.2, 0) is 0 Å². The molecule has 0 saturated heterocycles. The van der Waals surface area contributed by atoms with Crippen LogP contribution in [0.4, 0.5) is 0 Å².